The molecule has 3 N–H and O–H groups in total. The molecule has 0 atom stereocenters. The van der Waals surface area contributed by atoms with E-state index in [-0.39, 0.29) is 29.7 Å². The number of phenolic OH excluding ortho intramolecular Hbond substituents is 1. The highest BCUT2D eigenvalue weighted by atomic mass is 127. The van der Waals surface area contributed by atoms with Crippen LogP contribution in [-0.2, 0) is 6.54 Å². The van der Waals surface area contributed by atoms with Gasteiger partial charge in [0.1, 0.15) is 0 Å². The molecule has 1 aliphatic heterocycles. The van der Waals surface area contributed by atoms with E-state index in [0.717, 1.165) is 31.0 Å². The van der Waals surface area contributed by atoms with Gasteiger partial charge in [-0.05, 0) is 62.5 Å². The molecule has 1 saturated heterocycles. The van der Waals surface area contributed by atoms with Gasteiger partial charge in [0.25, 0.3) is 0 Å². The molecule has 1 aromatic rings. The van der Waals surface area contributed by atoms with E-state index >= 15 is 0 Å². The fraction of sp³-hybridized carbons (Fsp3) is 0.611. The molecule has 0 aromatic heterocycles. The normalized spacial score (nSPS) is 16.4. The Hall–Kier alpha value is -1.09. The maximum absolute atomic E-state index is 13.3. The van der Waals surface area contributed by atoms with Crippen LogP contribution in [0.1, 0.15) is 31.7 Å². The van der Waals surface area contributed by atoms with Gasteiger partial charge in [0.15, 0.2) is 17.5 Å². The van der Waals surface area contributed by atoms with Crippen molar-refractivity contribution in [1.82, 2.24) is 15.5 Å². The van der Waals surface area contributed by atoms with Crippen LogP contribution < -0.4 is 10.6 Å². The van der Waals surface area contributed by atoms with Gasteiger partial charge in [0, 0.05) is 20.1 Å². The Bertz CT molecular complexity index is 548. The fourth-order valence-corrected chi connectivity index (χ4v) is 2.86. The predicted octanol–water partition coefficient (Wildman–Crippen LogP) is 2.94. The van der Waals surface area contributed by atoms with Crippen LogP contribution >= 0.6 is 24.0 Å². The average molecular weight is 464 g/mol. The molecule has 25 heavy (non-hydrogen) atoms. The van der Waals surface area contributed by atoms with E-state index in [9.17, 15) is 9.50 Å². The number of aromatic hydroxyl groups is 1. The monoisotopic (exact) mass is 464 g/mol. The first-order valence-electron chi connectivity index (χ1n) is 8.72. The minimum Gasteiger partial charge on any atom is -0.505 e. The second-order valence-electron chi connectivity index (χ2n) is 6.52. The molecule has 5 nitrogen and oxygen atoms in total. The van der Waals surface area contributed by atoms with E-state index in [1.807, 2.05) is 0 Å². The van der Waals surface area contributed by atoms with Crippen LogP contribution in [0.5, 0.6) is 5.75 Å². The lowest BCUT2D eigenvalue weighted by Gasteiger charge is -2.30. The molecular weight excluding hydrogens is 434 g/mol. The Morgan fingerprint density at radius 1 is 1.32 bits per heavy atom. The minimum absolute atomic E-state index is 0. The van der Waals surface area contributed by atoms with Gasteiger partial charge in [-0.3, -0.25) is 4.99 Å². The second kappa shape index (κ2) is 11.5. The molecule has 0 radical (unpaired) electrons. The topological polar surface area (TPSA) is 59.9 Å². The van der Waals surface area contributed by atoms with Crippen LogP contribution in [0.15, 0.2) is 23.2 Å². The zero-order valence-corrected chi connectivity index (χ0v) is 17.4. The van der Waals surface area contributed by atoms with Crippen LogP contribution in [-0.4, -0.2) is 49.2 Å². The minimum atomic E-state index is -0.604. The van der Waals surface area contributed by atoms with Crippen LogP contribution in [0.2, 0.25) is 0 Å². The van der Waals surface area contributed by atoms with Gasteiger partial charge in [0.05, 0.1) is 0 Å². The number of halogens is 2. The maximum Gasteiger partial charge on any atom is 0.191 e. The molecule has 0 amide bonds. The number of rotatable bonds is 6. The summed E-state index contributed by atoms with van der Waals surface area (Å²) in [6.45, 7) is 7.17. The lowest BCUT2D eigenvalue weighted by atomic mass is 9.99. The van der Waals surface area contributed by atoms with Crippen LogP contribution in [0.4, 0.5) is 4.39 Å². The quantitative estimate of drug-likeness (QED) is 0.262. The number of phenols is 1. The third kappa shape index (κ3) is 7.77. The number of benzene rings is 1. The lowest BCUT2D eigenvalue weighted by molar-refractivity contribution is 0.191. The summed E-state index contributed by atoms with van der Waals surface area (Å²) in [5.41, 5.74) is 0.760. The molecule has 7 heteroatoms. The molecule has 0 unspecified atom stereocenters. The van der Waals surface area contributed by atoms with Crippen molar-refractivity contribution in [2.24, 2.45) is 10.9 Å². The van der Waals surface area contributed by atoms with Gasteiger partial charge in [-0.15, -0.1) is 24.0 Å². The van der Waals surface area contributed by atoms with E-state index in [1.165, 1.54) is 38.1 Å². The van der Waals surface area contributed by atoms with Crippen LogP contribution in [0.3, 0.4) is 0 Å². The fourth-order valence-electron chi connectivity index (χ4n) is 2.86. The highest BCUT2D eigenvalue weighted by Crippen LogP contribution is 2.16. The van der Waals surface area contributed by atoms with E-state index in [0.29, 0.717) is 12.5 Å². The highest BCUT2D eigenvalue weighted by molar-refractivity contribution is 14.0. The molecule has 0 saturated carbocycles. The highest BCUT2D eigenvalue weighted by Gasteiger charge is 2.14. The van der Waals surface area contributed by atoms with Gasteiger partial charge in [-0.25, -0.2) is 4.39 Å². The van der Waals surface area contributed by atoms with Crippen molar-refractivity contribution in [2.75, 3.05) is 33.2 Å². The average Bonchev–Trinajstić information content (AvgIpc) is 2.59. The molecule has 2 rings (SSSR count). The smallest absolute Gasteiger partial charge is 0.191 e. The number of likely N-dealkylation sites (tertiary alicyclic amines) is 1. The van der Waals surface area contributed by atoms with Gasteiger partial charge in [-0.2, -0.15) is 0 Å². The van der Waals surface area contributed by atoms with E-state index in [1.54, 1.807) is 13.1 Å². The molecule has 1 aromatic carbocycles. The summed E-state index contributed by atoms with van der Waals surface area (Å²) in [5.74, 6) is 0.643. The number of aliphatic imine (C=N–C) groups is 1. The Morgan fingerprint density at radius 3 is 2.68 bits per heavy atom. The summed E-state index contributed by atoms with van der Waals surface area (Å²) >= 11 is 0. The summed E-state index contributed by atoms with van der Waals surface area (Å²) in [6.07, 6.45) is 3.68. The van der Waals surface area contributed by atoms with E-state index in [2.05, 4.69) is 27.4 Å². The zero-order valence-electron chi connectivity index (χ0n) is 15.1. The Balaban J connectivity index is 0.00000312. The standard InChI is InChI=1S/C18H29FN4O.HI/c1-14-6-10-23(11-7-14)9-3-8-21-18(20-2)22-13-15-4-5-17(24)16(19)12-15;/h4-5,12,14,24H,3,6-11,13H2,1-2H3,(H2,20,21,22);1H. The van der Waals surface area contributed by atoms with E-state index in [4.69, 9.17) is 0 Å². The van der Waals surface area contributed by atoms with Gasteiger partial charge in [0.2, 0.25) is 0 Å². The molecule has 0 bridgehead atoms. The van der Waals surface area contributed by atoms with Crippen molar-refractivity contribution in [1.29, 1.82) is 0 Å². The summed E-state index contributed by atoms with van der Waals surface area (Å²) < 4.78 is 13.3. The number of hydrogen-bond acceptors (Lipinski definition) is 3. The van der Waals surface area contributed by atoms with Gasteiger partial charge in [-0.1, -0.05) is 13.0 Å². The number of guanidine groups is 1. The van der Waals surface area contributed by atoms with Crippen molar-refractivity contribution < 1.29 is 9.50 Å². The number of nitrogens with zero attached hydrogens (tertiary/aromatic N) is 2. The molecule has 1 aliphatic rings. The first-order valence-corrected chi connectivity index (χ1v) is 8.72. The molecular formula is C18H30FIN4O. The maximum atomic E-state index is 13.3. The Kier molecular flexibility index (Phi) is 10.1. The van der Waals surface area contributed by atoms with Crippen LogP contribution in [0, 0.1) is 11.7 Å². The summed E-state index contributed by atoms with van der Waals surface area (Å²) in [4.78, 5) is 6.70. The molecule has 1 heterocycles. The molecule has 0 spiro atoms. The summed E-state index contributed by atoms with van der Waals surface area (Å²) in [7, 11) is 1.72. The zero-order chi connectivity index (χ0) is 17.4. The largest absolute Gasteiger partial charge is 0.505 e. The first-order chi connectivity index (χ1) is 11.6. The first kappa shape index (κ1) is 22.0. The molecule has 0 aliphatic carbocycles. The van der Waals surface area contributed by atoms with E-state index < -0.39 is 5.82 Å². The number of nitrogens with one attached hydrogen (secondary N) is 2. The Morgan fingerprint density at radius 2 is 2.04 bits per heavy atom. The van der Waals surface area contributed by atoms with Crippen molar-refractivity contribution in [3.05, 3.63) is 29.6 Å². The van der Waals surface area contributed by atoms with Crippen LogP contribution in [0.25, 0.3) is 0 Å². The Labute approximate surface area is 167 Å². The number of hydrogen-bond donors (Lipinski definition) is 3. The second-order valence-corrected chi connectivity index (χ2v) is 6.52. The molecule has 142 valence electrons. The molecule has 1 fully saturated rings. The van der Waals surface area contributed by atoms with Crippen molar-refractivity contribution in [2.45, 2.75) is 32.7 Å². The van der Waals surface area contributed by atoms with Gasteiger partial charge >= 0.3 is 0 Å². The third-order valence-corrected chi connectivity index (χ3v) is 4.52. The van der Waals surface area contributed by atoms with Crippen molar-refractivity contribution in [3.8, 4) is 5.75 Å². The lowest BCUT2D eigenvalue weighted by Crippen LogP contribution is -2.39. The SMILES string of the molecule is CN=C(NCCCN1CCC(C)CC1)NCc1ccc(O)c(F)c1.I. The number of piperidine rings is 1. The van der Waals surface area contributed by atoms with Crippen molar-refractivity contribution >= 4 is 29.9 Å². The third-order valence-electron chi connectivity index (χ3n) is 4.52. The summed E-state index contributed by atoms with van der Waals surface area (Å²) in [5, 5.41) is 15.6. The van der Waals surface area contributed by atoms with Gasteiger partial charge < -0.3 is 20.6 Å². The predicted molar refractivity (Wildman–Crippen MR) is 111 cm³/mol. The van der Waals surface area contributed by atoms with Crippen molar-refractivity contribution in [3.63, 3.8) is 0 Å². The summed E-state index contributed by atoms with van der Waals surface area (Å²) in [6, 6.07) is 4.38.